The second kappa shape index (κ2) is 5.68. The molecular formula is C12H10Br2N2O2S. The molecule has 0 saturated carbocycles. The van der Waals surface area contributed by atoms with E-state index in [1.165, 1.54) is 0 Å². The lowest BCUT2D eigenvalue weighted by molar-refractivity contribution is 0.590. The van der Waals surface area contributed by atoms with Crippen LogP contribution in [0.3, 0.4) is 0 Å². The van der Waals surface area contributed by atoms with Gasteiger partial charge in [0.25, 0.3) is 0 Å². The van der Waals surface area contributed by atoms with E-state index in [2.05, 4.69) is 41.8 Å². The van der Waals surface area contributed by atoms with Crippen molar-refractivity contribution in [1.82, 2.24) is 9.97 Å². The van der Waals surface area contributed by atoms with Crippen LogP contribution in [-0.2, 0) is 9.84 Å². The molecule has 2 rings (SSSR count). The van der Waals surface area contributed by atoms with E-state index in [0.717, 1.165) is 5.56 Å². The Morgan fingerprint density at radius 2 is 1.74 bits per heavy atom. The highest BCUT2D eigenvalue weighted by atomic mass is 79.9. The largest absolute Gasteiger partial charge is 0.249 e. The summed E-state index contributed by atoms with van der Waals surface area (Å²) in [5, 5.41) is -0.190. The van der Waals surface area contributed by atoms with Crippen LogP contribution in [0.4, 0.5) is 0 Å². The van der Waals surface area contributed by atoms with Gasteiger partial charge in [-0.05, 0) is 13.0 Å². The Morgan fingerprint density at radius 1 is 1.11 bits per heavy atom. The Hall–Kier alpha value is -0.790. The van der Waals surface area contributed by atoms with Crippen molar-refractivity contribution >= 4 is 41.7 Å². The number of sulfone groups is 1. The van der Waals surface area contributed by atoms with E-state index < -0.39 is 12.9 Å². The number of benzene rings is 1. The van der Waals surface area contributed by atoms with Gasteiger partial charge in [0.05, 0.1) is 5.69 Å². The van der Waals surface area contributed by atoms with Crippen molar-refractivity contribution in [2.45, 2.75) is 15.1 Å². The van der Waals surface area contributed by atoms with Crippen molar-refractivity contribution in [3.05, 3.63) is 42.1 Å². The fourth-order valence-electron chi connectivity index (χ4n) is 1.51. The highest BCUT2D eigenvalue weighted by Gasteiger charge is 2.26. The first kappa shape index (κ1) is 14.6. The summed E-state index contributed by atoms with van der Waals surface area (Å²) in [7, 11) is -3.62. The number of alkyl halides is 2. The number of aromatic nitrogens is 2. The van der Waals surface area contributed by atoms with Crippen LogP contribution in [0.15, 0.2) is 41.6 Å². The van der Waals surface area contributed by atoms with E-state index in [1.807, 2.05) is 30.3 Å². The van der Waals surface area contributed by atoms with E-state index >= 15 is 0 Å². The molecule has 0 amide bonds. The van der Waals surface area contributed by atoms with Gasteiger partial charge in [0.15, 0.2) is 3.07 Å². The highest BCUT2D eigenvalue weighted by molar-refractivity contribution is 9.27. The molecule has 0 aliphatic carbocycles. The van der Waals surface area contributed by atoms with E-state index in [-0.39, 0.29) is 5.16 Å². The van der Waals surface area contributed by atoms with Crippen LogP contribution in [0.2, 0.25) is 0 Å². The smallest absolute Gasteiger partial charge is 0.224 e. The van der Waals surface area contributed by atoms with E-state index in [9.17, 15) is 8.42 Å². The van der Waals surface area contributed by atoms with Gasteiger partial charge < -0.3 is 0 Å². The fraction of sp³-hybridized carbons (Fsp3) is 0.167. The standard InChI is InChI=1S/C12H10Br2N2O2S/c1-8-7-10(9-5-3-2-4-6-9)16-12(15-8)19(17,18)11(13)14/h2-7,11H,1H3. The van der Waals surface area contributed by atoms with Crippen molar-refractivity contribution in [3.8, 4) is 11.3 Å². The Labute approximate surface area is 128 Å². The quantitative estimate of drug-likeness (QED) is 0.580. The van der Waals surface area contributed by atoms with Crippen LogP contribution in [-0.4, -0.2) is 21.5 Å². The molecule has 7 heteroatoms. The number of rotatable bonds is 3. The Bertz CT molecular complexity index is 688. The molecule has 1 aromatic heterocycles. The Morgan fingerprint density at radius 3 is 2.32 bits per heavy atom. The zero-order valence-corrected chi connectivity index (χ0v) is 13.9. The molecular weight excluding hydrogens is 396 g/mol. The predicted octanol–water partition coefficient (Wildman–Crippen LogP) is 3.30. The van der Waals surface area contributed by atoms with Crippen molar-refractivity contribution in [1.29, 1.82) is 0 Å². The van der Waals surface area contributed by atoms with Crippen LogP contribution >= 0.6 is 31.9 Å². The average Bonchev–Trinajstić information content (AvgIpc) is 2.39. The lowest BCUT2D eigenvalue weighted by Gasteiger charge is -2.07. The molecule has 1 heterocycles. The van der Waals surface area contributed by atoms with Crippen LogP contribution in [0.1, 0.15) is 5.69 Å². The summed E-state index contributed by atoms with van der Waals surface area (Å²) in [6, 6.07) is 11.1. The van der Waals surface area contributed by atoms with Crippen molar-refractivity contribution in [2.75, 3.05) is 0 Å². The molecule has 0 N–H and O–H groups in total. The van der Waals surface area contributed by atoms with E-state index in [1.54, 1.807) is 13.0 Å². The number of halogens is 2. The van der Waals surface area contributed by atoms with Gasteiger partial charge >= 0.3 is 0 Å². The van der Waals surface area contributed by atoms with Gasteiger partial charge in [-0.3, -0.25) is 0 Å². The van der Waals surface area contributed by atoms with Crippen molar-refractivity contribution < 1.29 is 8.42 Å². The molecule has 0 atom stereocenters. The zero-order chi connectivity index (χ0) is 14.0. The van der Waals surface area contributed by atoms with Crippen molar-refractivity contribution in [2.24, 2.45) is 0 Å². The first-order valence-corrected chi connectivity index (χ1v) is 8.72. The van der Waals surface area contributed by atoms with Gasteiger partial charge in [-0.15, -0.1) is 0 Å². The molecule has 0 saturated heterocycles. The van der Waals surface area contributed by atoms with Gasteiger partial charge in [-0.2, -0.15) is 0 Å². The summed E-state index contributed by atoms with van der Waals surface area (Å²) in [4.78, 5) is 8.13. The second-order valence-electron chi connectivity index (χ2n) is 3.85. The first-order valence-electron chi connectivity index (χ1n) is 5.34. The molecule has 100 valence electrons. The maximum Gasteiger partial charge on any atom is 0.249 e. The Balaban J connectivity index is 2.59. The minimum absolute atomic E-state index is 0.190. The molecule has 0 aliphatic rings. The Kier molecular flexibility index (Phi) is 4.37. The molecule has 19 heavy (non-hydrogen) atoms. The summed E-state index contributed by atoms with van der Waals surface area (Å²) in [5.74, 6) is 0. The van der Waals surface area contributed by atoms with Crippen LogP contribution in [0.25, 0.3) is 11.3 Å². The molecule has 4 nitrogen and oxygen atoms in total. The van der Waals surface area contributed by atoms with Gasteiger partial charge in [0, 0.05) is 11.3 Å². The molecule has 0 radical (unpaired) electrons. The molecule has 0 spiro atoms. The van der Waals surface area contributed by atoms with Gasteiger partial charge in [0.2, 0.25) is 15.0 Å². The van der Waals surface area contributed by atoms with Crippen LogP contribution in [0.5, 0.6) is 0 Å². The predicted molar refractivity (Wildman–Crippen MR) is 81.0 cm³/mol. The SMILES string of the molecule is Cc1cc(-c2ccccc2)nc(S(=O)(=O)C(Br)Br)n1. The summed E-state index contributed by atoms with van der Waals surface area (Å²) in [5.41, 5.74) is 2.05. The van der Waals surface area contributed by atoms with Gasteiger partial charge in [-0.25, -0.2) is 18.4 Å². The monoisotopic (exact) mass is 404 g/mol. The van der Waals surface area contributed by atoms with Crippen LogP contribution in [0, 0.1) is 6.92 Å². The number of hydrogen-bond donors (Lipinski definition) is 0. The zero-order valence-electron chi connectivity index (χ0n) is 9.92. The summed E-state index contributed by atoms with van der Waals surface area (Å²) < 4.78 is 23.2. The molecule has 0 unspecified atom stereocenters. The maximum atomic E-state index is 12.0. The lowest BCUT2D eigenvalue weighted by atomic mass is 10.1. The minimum atomic E-state index is -3.62. The molecule has 0 fully saturated rings. The number of aryl methyl sites for hydroxylation is 1. The molecule has 0 bridgehead atoms. The third-order valence-corrected chi connectivity index (χ3v) is 6.51. The fourth-order valence-corrected chi connectivity index (χ4v) is 3.16. The van der Waals surface area contributed by atoms with Gasteiger partial charge in [0.1, 0.15) is 0 Å². The topological polar surface area (TPSA) is 59.9 Å². The summed E-state index contributed by atoms with van der Waals surface area (Å²) in [6.07, 6.45) is 0. The molecule has 2 aromatic rings. The number of hydrogen-bond acceptors (Lipinski definition) is 4. The number of nitrogens with zero attached hydrogens (tertiary/aromatic N) is 2. The van der Waals surface area contributed by atoms with Crippen molar-refractivity contribution in [3.63, 3.8) is 0 Å². The molecule has 0 aliphatic heterocycles. The second-order valence-corrected chi connectivity index (χ2v) is 10.0. The molecule has 1 aromatic carbocycles. The van der Waals surface area contributed by atoms with Crippen LogP contribution < -0.4 is 0 Å². The lowest BCUT2D eigenvalue weighted by Crippen LogP contribution is -2.13. The minimum Gasteiger partial charge on any atom is -0.224 e. The summed E-state index contributed by atoms with van der Waals surface area (Å²) >= 11 is 5.97. The highest BCUT2D eigenvalue weighted by Crippen LogP contribution is 2.25. The normalized spacial score (nSPS) is 11.8. The van der Waals surface area contributed by atoms with E-state index in [4.69, 9.17) is 0 Å². The third kappa shape index (κ3) is 3.21. The maximum absolute atomic E-state index is 12.0. The van der Waals surface area contributed by atoms with Gasteiger partial charge in [-0.1, -0.05) is 62.2 Å². The third-order valence-electron chi connectivity index (χ3n) is 2.39. The van der Waals surface area contributed by atoms with E-state index in [0.29, 0.717) is 11.4 Å². The first-order chi connectivity index (χ1) is 8.91. The average molecular weight is 406 g/mol. The summed E-state index contributed by atoms with van der Waals surface area (Å²) in [6.45, 7) is 1.74.